The molecule has 5 heteroatoms. The monoisotopic (exact) mass is 270 g/mol. The maximum Gasteiger partial charge on any atom is 0.245 e. The van der Waals surface area contributed by atoms with Crippen LogP contribution in [0, 0.1) is 0 Å². The van der Waals surface area contributed by atoms with E-state index in [1.807, 2.05) is 18.2 Å². The van der Waals surface area contributed by atoms with Crippen molar-refractivity contribution in [1.82, 2.24) is 5.43 Å². The number of hydrogen-bond acceptors (Lipinski definition) is 3. The van der Waals surface area contributed by atoms with E-state index in [1.165, 1.54) is 23.5 Å². The second-order valence-corrected chi connectivity index (χ2v) is 6.16. The number of unbranched alkanes of at least 4 members (excludes halogenated alkanes) is 3. The summed E-state index contributed by atoms with van der Waals surface area (Å²) in [5, 5.41) is 0. The third-order valence-electron chi connectivity index (χ3n) is 2.61. The van der Waals surface area contributed by atoms with E-state index in [-0.39, 0.29) is 0 Å². The van der Waals surface area contributed by atoms with Crippen LogP contribution in [0.1, 0.15) is 32.6 Å². The summed E-state index contributed by atoms with van der Waals surface area (Å²) >= 11 is 0. The van der Waals surface area contributed by atoms with Gasteiger partial charge in [-0.2, -0.15) is 0 Å². The van der Waals surface area contributed by atoms with Gasteiger partial charge in [-0.25, -0.2) is 18.3 Å². The highest BCUT2D eigenvalue weighted by Crippen LogP contribution is 2.14. The van der Waals surface area contributed by atoms with Crippen molar-refractivity contribution in [2.24, 2.45) is 0 Å². The van der Waals surface area contributed by atoms with Crippen LogP contribution in [0.2, 0.25) is 0 Å². The molecule has 1 rings (SSSR count). The number of hydrogen-bond donors (Lipinski definition) is 1. The maximum absolute atomic E-state index is 11.7. The number of sulfonamides is 1. The van der Waals surface area contributed by atoms with Crippen molar-refractivity contribution < 1.29 is 8.42 Å². The van der Waals surface area contributed by atoms with Gasteiger partial charge in [-0.3, -0.25) is 0 Å². The van der Waals surface area contributed by atoms with Gasteiger partial charge in [0.15, 0.2) is 0 Å². The first-order chi connectivity index (χ1) is 8.55. The number of nitrogens with one attached hydrogen (secondary N) is 1. The summed E-state index contributed by atoms with van der Waals surface area (Å²) in [6, 6.07) is 9.07. The number of hydrazine groups is 1. The molecule has 0 saturated carbocycles. The maximum atomic E-state index is 11.7. The fourth-order valence-corrected chi connectivity index (χ4v) is 2.53. The van der Waals surface area contributed by atoms with E-state index in [1.54, 1.807) is 12.1 Å². The number of rotatable bonds is 8. The van der Waals surface area contributed by atoms with E-state index in [4.69, 9.17) is 0 Å². The van der Waals surface area contributed by atoms with Crippen LogP contribution < -0.4 is 9.84 Å². The molecule has 18 heavy (non-hydrogen) atoms. The average Bonchev–Trinajstić information content (AvgIpc) is 2.33. The molecule has 0 fully saturated rings. The number of para-hydroxylation sites is 1. The van der Waals surface area contributed by atoms with Crippen molar-refractivity contribution in [3.05, 3.63) is 30.3 Å². The van der Waals surface area contributed by atoms with E-state index in [0.29, 0.717) is 12.2 Å². The summed E-state index contributed by atoms with van der Waals surface area (Å²) in [5.74, 6) is 0. The van der Waals surface area contributed by atoms with Crippen molar-refractivity contribution in [3.8, 4) is 0 Å². The van der Waals surface area contributed by atoms with Crippen molar-refractivity contribution in [1.29, 1.82) is 0 Å². The third kappa shape index (κ3) is 5.06. The van der Waals surface area contributed by atoms with Crippen molar-refractivity contribution in [3.63, 3.8) is 0 Å². The van der Waals surface area contributed by atoms with Crippen LogP contribution in [0.5, 0.6) is 0 Å². The quantitative estimate of drug-likeness (QED) is 0.583. The van der Waals surface area contributed by atoms with Crippen molar-refractivity contribution in [2.75, 3.05) is 17.2 Å². The van der Waals surface area contributed by atoms with Gasteiger partial charge in [-0.1, -0.05) is 44.4 Å². The van der Waals surface area contributed by atoms with E-state index < -0.39 is 10.0 Å². The molecule has 0 bridgehead atoms. The molecular weight excluding hydrogens is 248 g/mol. The first kappa shape index (κ1) is 15.0. The Hall–Kier alpha value is -1.07. The third-order valence-corrected chi connectivity index (χ3v) is 3.61. The second kappa shape index (κ2) is 7.38. The second-order valence-electron chi connectivity index (χ2n) is 4.33. The first-order valence-corrected chi connectivity index (χ1v) is 8.19. The van der Waals surface area contributed by atoms with E-state index in [9.17, 15) is 8.42 Å². The summed E-state index contributed by atoms with van der Waals surface area (Å²) in [6.45, 7) is 2.82. The molecule has 0 atom stereocenters. The molecule has 1 N–H and O–H groups in total. The van der Waals surface area contributed by atoms with Gasteiger partial charge in [0.05, 0.1) is 11.9 Å². The summed E-state index contributed by atoms with van der Waals surface area (Å²) in [7, 11) is -3.29. The van der Waals surface area contributed by atoms with Crippen molar-refractivity contribution in [2.45, 2.75) is 32.6 Å². The molecule has 102 valence electrons. The summed E-state index contributed by atoms with van der Waals surface area (Å²) in [4.78, 5) is 0. The molecule has 1 aromatic rings. The van der Waals surface area contributed by atoms with Crippen LogP contribution in [0.3, 0.4) is 0 Å². The molecule has 0 aliphatic heterocycles. The Morgan fingerprint density at radius 3 is 2.33 bits per heavy atom. The Balaban J connectivity index is 2.59. The van der Waals surface area contributed by atoms with Gasteiger partial charge in [0, 0.05) is 6.54 Å². The molecule has 4 nitrogen and oxygen atoms in total. The lowest BCUT2D eigenvalue weighted by molar-refractivity contribution is 0.570. The lowest BCUT2D eigenvalue weighted by Gasteiger charge is -2.23. The molecule has 0 spiro atoms. The standard InChI is InChI=1S/C13H22N2O2S/c1-3-4-5-9-12-14-15(18(2,16)17)13-10-7-6-8-11-13/h6-8,10-11,14H,3-5,9,12H2,1-2H3. The fraction of sp³-hybridized carbons (Fsp3) is 0.538. The summed E-state index contributed by atoms with van der Waals surface area (Å²) < 4.78 is 24.7. The predicted molar refractivity (Wildman–Crippen MR) is 75.9 cm³/mol. The Morgan fingerprint density at radius 1 is 1.11 bits per heavy atom. The smallest absolute Gasteiger partial charge is 0.220 e. The van der Waals surface area contributed by atoms with Gasteiger partial charge < -0.3 is 0 Å². The highest BCUT2D eigenvalue weighted by Gasteiger charge is 2.15. The van der Waals surface area contributed by atoms with E-state index in [2.05, 4.69) is 12.3 Å². The number of benzene rings is 1. The highest BCUT2D eigenvalue weighted by atomic mass is 32.2. The lowest BCUT2D eigenvalue weighted by atomic mass is 10.2. The van der Waals surface area contributed by atoms with Gasteiger partial charge in [-0.15, -0.1) is 0 Å². The minimum atomic E-state index is -3.29. The van der Waals surface area contributed by atoms with Gasteiger partial charge in [0.2, 0.25) is 10.0 Å². The molecule has 0 amide bonds. The number of anilines is 1. The fourth-order valence-electron chi connectivity index (χ4n) is 1.70. The molecule has 0 radical (unpaired) electrons. The van der Waals surface area contributed by atoms with Crippen LogP contribution in [0.4, 0.5) is 5.69 Å². The zero-order chi connectivity index (χ0) is 13.4. The Morgan fingerprint density at radius 2 is 1.78 bits per heavy atom. The normalized spacial score (nSPS) is 11.4. The summed E-state index contributed by atoms with van der Waals surface area (Å²) in [6.07, 6.45) is 5.67. The van der Waals surface area contributed by atoms with Gasteiger partial charge in [0.1, 0.15) is 0 Å². The SMILES string of the molecule is CCCCCCNN(c1ccccc1)S(C)(=O)=O. The topological polar surface area (TPSA) is 49.4 Å². The molecule has 0 aliphatic carbocycles. The Labute approximate surface area is 110 Å². The lowest BCUT2D eigenvalue weighted by Crippen LogP contribution is -2.42. The molecule has 0 aliphatic rings. The van der Waals surface area contributed by atoms with Crippen LogP contribution >= 0.6 is 0 Å². The molecule has 0 aromatic heterocycles. The van der Waals surface area contributed by atoms with Gasteiger partial charge in [0.25, 0.3) is 0 Å². The zero-order valence-corrected chi connectivity index (χ0v) is 11.9. The van der Waals surface area contributed by atoms with Crippen LogP contribution in [-0.4, -0.2) is 21.2 Å². The van der Waals surface area contributed by atoms with Crippen molar-refractivity contribution >= 4 is 15.7 Å². The first-order valence-electron chi connectivity index (χ1n) is 6.34. The molecular formula is C13H22N2O2S. The Kier molecular flexibility index (Phi) is 6.15. The molecule has 0 saturated heterocycles. The zero-order valence-electron chi connectivity index (χ0n) is 11.1. The van der Waals surface area contributed by atoms with Gasteiger partial charge >= 0.3 is 0 Å². The van der Waals surface area contributed by atoms with E-state index in [0.717, 1.165) is 12.8 Å². The highest BCUT2D eigenvalue weighted by molar-refractivity contribution is 7.92. The molecule has 0 unspecified atom stereocenters. The Bertz CT molecular complexity index is 432. The van der Waals surface area contributed by atoms with E-state index >= 15 is 0 Å². The van der Waals surface area contributed by atoms with Crippen LogP contribution in [0.25, 0.3) is 0 Å². The largest absolute Gasteiger partial charge is 0.245 e. The average molecular weight is 270 g/mol. The molecule has 0 heterocycles. The minimum Gasteiger partial charge on any atom is -0.220 e. The van der Waals surface area contributed by atoms with Gasteiger partial charge in [-0.05, 0) is 18.6 Å². The predicted octanol–water partition coefficient (Wildman–Crippen LogP) is 2.54. The molecule has 1 aromatic carbocycles. The summed E-state index contributed by atoms with van der Waals surface area (Å²) in [5.41, 5.74) is 3.63. The van der Waals surface area contributed by atoms with Crippen LogP contribution in [0.15, 0.2) is 30.3 Å². The van der Waals surface area contributed by atoms with Crippen LogP contribution in [-0.2, 0) is 10.0 Å². The minimum absolute atomic E-state index is 0.649. The number of nitrogens with zero attached hydrogens (tertiary/aromatic N) is 1.